The molecule has 1 amide bonds. The molecule has 0 aliphatic carbocycles. The highest BCUT2D eigenvalue weighted by Crippen LogP contribution is 2.28. The van der Waals surface area contributed by atoms with Crippen molar-refractivity contribution in [3.05, 3.63) is 83.4 Å². The van der Waals surface area contributed by atoms with E-state index in [4.69, 9.17) is 9.47 Å². The number of sulfonamides is 1. The zero-order valence-electron chi connectivity index (χ0n) is 19.2. The van der Waals surface area contributed by atoms with Gasteiger partial charge in [-0.25, -0.2) is 8.42 Å². The number of methoxy groups -OCH3 is 2. The Kier molecular flexibility index (Phi) is 7.60. The third-order valence-electron chi connectivity index (χ3n) is 5.18. The van der Waals surface area contributed by atoms with E-state index in [0.717, 1.165) is 15.4 Å². The summed E-state index contributed by atoms with van der Waals surface area (Å²) in [7, 11) is -0.898. The van der Waals surface area contributed by atoms with Crippen molar-refractivity contribution in [1.29, 1.82) is 0 Å². The predicted molar refractivity (Wildman–Crippen MR) is 128 cm³/mol. The lowest BCUT2D eigenvalue weighted by Crippen LogP contribution is -2.41. The first-order chi connectivity index (χ1) is 15.7. The summed E-state index contributed by atoms with van der Waals surface area (Å²) in [5.41, 5.74) is 2.64. The number of hydrogen-bond acceptors (Lipinski definition) is 5. The van der Waals surface area contributed by atoms with E-state index in [9.17, 15) is 13.2 Å². The molecule has 0 aliphatic heterocycles. The summed E-state index contributed by atoms with van der Waals surface area (Å²) in [5, 5.41) is 2.80. The second-order valence-corrected chi connectivity index (χ2v) is 9.44. The molecule has 3 aromatic rings. The van der Waals surface area contributed by atoms with Crippen molar-refractivity contribution >= 4 is 21.6 Å². The van der Waals surface area contributed by atoms with Gasteiger partial charge < -0.3 is 14.8 Å². The van der Waals surface area contributed by atoms with Gasteiger partial charge in [0.05, 0.1) is 24.8 Å². The molecule has 33 heavy (non-hydrogen) atoms. The normalized spacial score (nSPS) is 11.0. The Hall–Kier alpha value is -3.52. The molecule has 174 valence electrons. The Labute approximate surface area is 195 Å². The average Bonchev–Trinajstić information content (AvgIpc) is 2.82. The number of nitrogens with one attached hydrogen (secondary N) is 1. The summed E-state index contributed by atoms with van der Waals surface area (Å²) >= 11 is 0. The van der Waals surface area contributed by atoms with E-state index in [0.29, 0.717) is 22.7 Å². The lowest BCUT2D eigenvalue weighted by atomic mass is 10.2. The van der Waals surface area contributed by atoms with Crippen molar-refractivity contribution in [3.63, 3.8) is 0 Å². The molecule has 0 saturated heterocycles. The van der Waals surface area contributed by atoms with Crippen LogP contribution in [-0.4, -0.2) is 35.1 Å². The Morgan fingerprint density at radius 3 is 2.27 bits per heavy atom. The molecule has 0 saturated carbocycles. The van der Waals surface area contributed by atoms with Crippen molar-refractivity contribution in [2.24, 2.45) is 0 Å². The molecular weight excluding hydrogens is 440 g/mol. The Bertz CT molecular complexity index is 1220. The molecule has 8 heteroatoms. The minimum atomic E-state index is -4.00. The van der Waals surface area contributed by atoms with E-state index in [2.05, 4.69) is 5.32 Å². The number of amides is 1. The Morgan fingerprint density at radius 1 is 0.909 bits per heavy atom. The summed E-state index contributed by atoms with van der Waals surface area (Å²) in [4.78, 5) is 13.0. The van der Waals surface area contributed by atoms with E-state index >= 15 is 0 Å². The van der Waals surface area contributed by atoms with Gasteiger partial charge in [-0.2, -0.15) is 0 Å². The van der Waals surface area contributed by atoms with E-state index in [1.54, 1.807) is 50.4 Å². The summed E-state index contributed by atoms with van der Waals surface area (Å²) in [6, 6.07) is 19.1. The van der Waals surface area contributed by atoms with Crippen LogP contribution in [0.15, 0.2) is 71.6 Å². The van der Waals surface area contributed by atoms with Gasteiger partial charge in [0.15, 0.2) is 0 Å². The standard InChI is InChI=1S/C25H28N2O5S/c1-18-8-9-19(2)24(14-18)33(29,30)27(21-10-12-22(31-3)13-11-21)17-25(28)26-16-20-6-5-7-23(15-20)32-4/h5-15H,16-17H2,1-4H3,(H,26,28). The molecule has 0 atom stereocenters. The van der Waals surface area contributed by atoms with Crippen molar-refractivity contribution in [2.75, 3.05) is 25.1 Å². The molecule has 0 heterocycles. The van der Waals surface area contributed by atoms with Crippen molar-refractivity contribution in [2.45, 2.75) is 25.3 Å². The molecule has 3 aromatic carbocycles. The van der Waals surface area contributed by atoms with Crippen LogP contribution in [0, 0.1) is 13.8 Å². The van der Waals surface area contributed by atoms with E-state index in [-0.39, 0.29) is 18.0 Å². The number of carbonyl (C=O) groups excluding carboxylic acids is 1. The van der Waals surface area contributed by atoms with E-state index in [1.165, 1.54) is 7.11 Å². The average molecular weight is 469 g/mol. The molecule has 0 aromatic heterocycles. The summed E-state index contributed by atoms with van der Waals surface area (Å²) < 4.78 is 38.8. The molecular formula is C25H28N2O5S. The Balaban J connectivity index is 1.89. The third kappa shape index (κ3) is 5.84. The van der Waals surface area contributed by atoms with E-state index < -0.39 is 15.9 Å². The number of anilines is 1. The predicted octanol–water partition coefficient (Wildman–Crippen LogP) is 3.83. The second kappa shape index (κ2) is 10.4. The van der Waals surface area contributed by atoms with Crippen LogP contribution >= 0.6 is 0 Å². The summed E-state index contributed by atoms with van der Waals surface area (Å²) in [6.07, 6.45) is 0. The molecule has 0 bridgehead atoms. The zero-order chi connectivity index (χ0) is 24.0. The fraction of sp³-hybridized carbons (Fsp3) is 0.240. The van der Waals surface area contributed by atoms with Gasteiger partial charge in [-0.05, 0) is 73.0 Å². The lowest BCUT2D eigenvalue weighted by Gasteiger charge is -2.25. The number of ether oxygens (including phenoxy) is 2. The van der Waals surface area contributed by atoms with Crippen LogP contribution in [0.5, 0.6) is 11.5 Å². The van der Waals surface area contributed by atoms with Gasteiger partial charge >= 0.3 is 0 Å². The quantitative estimate of drug-likeness (QED) is 0.516. The van der Waals surface area contributed by atoms with Gasteiger partial charge in [0.2, 0.25) is 5.91 Å². The number of nitrogens with zero attached hydrogens (tertiary/aromatic N) is 1. The topological polar surface area (TPSA) is 84.9 Å². The Morgan fingerprint density at radius 2 is 1.61 bits per heavy atom. The molecule has 0 aliphatic rings. The number of carbonyl (C=O) groups is 1. The first-order valence-corrected chi connectivity index (χ1v) is 11.8. The van der Waals surface area contributed by atoms with Gasteiger partial charge in [-0.1, -0.05) is 24.3 Å². The number of benzene rings is 3. The van der Waals surface area contributed by atoms with Gasteiger partial charge in [-0.3, -0.25) is 9.10 Å². The highest BCUT2D eigenvalue weighted by Gasteiger charge is 2.28. The number of hydrogen-bond donors (Lipinski definition) is 1. The molecule has 1 N–H and O–H groups in total. The van der Waals surface area contributed by atoms with Crippen LogP contribution < -0.4 is 19.1 Å². The van der Waals surface area contributed by atoms with Gasteiger partial charge in [0, 0.05) is 6.54 Å². The molecule has 0 radical (unpaired) electrons. The van der Waals surface area contributed by atoms with Crippen LogP contribution in [-0.2, 0) is 21.4 Å². The first-order valence-electron chi connectivity index (χ1n) is 10.4. The van der Waals surface area contributed by atoms with Crippen LogP contribution in [0.25, 0.3) is 0 Å². The van der Waals surface area contributed by atoms with E-state index in [1.807, 2.05) is 37.3 Å². The molecule has 3 rings (SSSR count). The van der Waals surface area contributed by atoms with Gasteiger partial charge in [0.1, 0.15) is 18.0 Å². The smallest absolute Gasteiger partial charge is 0.265 e. The monoisotopic (exact) mass is 468 g/mol. The van der Waals surface area contributed by atoms with Crippen LogP contribution in [0.1, 0.15) is 16.7 Å². The fourth-order valence-corrected chi connectivity index (χ4v) is 5.07. The zero-order valence-corrected chi connectivity index (χ0v) is 20.0. The number of aryl methyl sites for hydroxylation is 2. The maximum absolute atomic E-state index is 13.7. The highest BCUT2D eigenvalue weighted by atomic mass is 32.2. The van der Waals surface area contributed by atoms with Crippen molar-refractivity contribution in [3.8, 4) is 11.5 Å². The minimum Gasteiger partial charge on any atom is -0.497 e. The van der Waals surface area contributed by atoms with Crippen LogP contribution in [0.3, 0.4) is 0 Å². The van der Waals surface area contributed by atoms with Crippen molar-refractivity contribution in [1.82, 2.24) is 5.32 Å². The third-order valence-corrected chi connectivity index (χ3v) is 7.10. The maximum Gasteiger partial charge on any atom is 0.265 e. The second-order valence-electron chi connectivity index (χ2n) is 7.61. The first kappa shape index (κ1) is 24.1. The molecule has 0 unspecified atom stereocenters. The molecule has 0 spiro atoms. The fourth-order valence-electron chi connectivity index (χ4n) is 3.34. The maximum atomic E-state index is 13.7. The molecule has 7 nitrogen and oxygen atoms in total. The van der Waals surface area contributed by atoms with Crippen molar-refractivity contribution < 1.29 is 22.7 Å². The summed E-state index contributed by atoms with van der Waals surface area (Å²) in [6.45, 7) is 3.44. The number of rotatable bonds is 9. The largest absolute Gasteiger partial charge is 0.497 e. The molecule has 0 fully saturated rings. The van der Waals surface area contributed by atoms with Crippen LogP contribution in [0.4, 0.5) is 5.69 Å². The lowest BCUT2D eigenvalue weighted by molar-refractivity contribution is -0.119. The van der Waals surface area contributed by atoms with Gasteiger partial charge in [-0.15, -0.1) is 0 Å². The van der Waals surface area contributed by atoms with Gasteiger partial charge in [0.25, 0.3) is 10.0 Å². The SMILES string of the molecule is COc1ccc(N(CC(=O)NCc2cccc(OC)c2)S(=O)(=O)c2cc(C)ccc2C)cc1. The summed E-state index contributed by atoms with van der Waals surface area (Å²) in [5.74, 6) is 0.840. The van der Waals surface area contributed by atoms with Crippen LogP contribution in [0.2, 0.25) is 0 Å². The highest BCUT2D eigenvalue weighted by molar-refractivity contribution is 7.93. The minimum absolute atomic E-state index is 0.166.